The van der Waals surface area contributed by atoms with Crippen molar-refractivity contribution in [3.63, 3.8) is 0 Å². The van der Waals surface area contributed by atoms with Crippen molar-refractivity contribution < 1.29 is 0 Å². The standard InChI is InChI=1S/C9H19N5S/c1-13(5-6-15-2)3-4-14-8-9(7-10)11-12-14/h8H,3-7,10H2,1-2H3. The largest absolute Gasteiger partial charge is 0.325 e. The van der Waals surface area contributed by atoms with Gasteiger partial charge in [-0.1, -0.05) is 5.21 Å². The monoisotopic (exact) mass is 229 g/mol. The molecular formula is C9H19N5S. The molecule has 0 bridgehead atoms. The van der Waals surface area contributed by atoms with Crippen LogP contribution < -0.4 is 5.73 Å². The molecule has 2 N–H and O–H groups in total. The van der Waals surface area contributed by atoms with Crippen LogP contribution in [-0.4, -0.2) is 52.0 Å². The Hall–Kier alpha value is -0.590. The van der Waals surface area contributed by atoms with Crippen molar-refractivity contribution in [3.05, 3.63) is 11.9 Å². The van der Waals surface area contributed by atoms with Crippen LogP contribution in [0.1, 0.15) is 5.69 Å². The molecule has 0 atom stereocenters. The minimum absolute atomic E-state index is 0.461. The molecule has 0 amide bonds. The van der Waals surface area contributed by atoms with Gasteiger partial charge in [0.25, 0.3) is 0 Å². The van der Waals surface area contributed by atoms with Gasteiger partial charge in [-0.25, -0.2) is 0 Å². The lowest BCUT2D eigenvalue weighted by Crippen LogP contribution is -2.25. The molecule has 0 radical (unpaired) electrons. The highest BCUT2D eigenvalue weighted by atomic mass is 32.2. The fraction of sp³-hybridized carbons (Fsp3) is 0.778. The maximum Gasteiger partial charge on any atom is 0.0962 e. The molecule has 1 aromatic rings. The number of rotatable bonds is 7. The van der Waals surface area contributed by atoms with Crippen LogP contribution in [0.15, 0.2) is 6.20 Å². The molecule has 15 heavy (non-hydrogen) atoms. The molecule has 0 fully saturated rings. The number of nitrogens with two attached hydrogens (primary N) is 1. The molecule has 0 aliphatic rings. The van der Waals surface area contributed by atoms with E-state index in [1.165, 1.54) is 5.75 Å². The van der Waals surface area contributed by atoms with Crippen LogP contribution in [0.3, 0.4) is 0 Å². The third-order valence-electron chi connectivity index (χ3n) is 2.18. The second kappa shape index (κ2) is 6.81. The highest BCUT2D eigenvalue weighted by Crippen LogP contribution is 1.95. The van der Waals surface area contributed by atoms with Gasteiger partial charge in [0.15, 0.2) is 0 Å². The Kier molecular flexibility index (Phi) is 5.67. The van der Waals surface area contributed by atoms with Crippen LogP contribution in [0.25, 0.3) is 0 Å². The third kappa shape index (κ3) is 4.63. The van der Waals surface area contributed by atoms with Gasteiger partial charge >= 0.3 is 0 Å². The summed E-state index contributed by atoms with van der Waals surface area (Å²) in [6.45, 7) is 3.44. The van der Waals surface area contributed by atoms with Gasteiger partial charge in [-0.05, 0) is 13.3 Å². The van der Waals surface area contributed by atoms with Crippen LogP contribution in [0, 0.1) is 0 Å². The van der Waals surface area contributed by atoms with Crippen molar-refractivity contribution in [2.75, 3.05) is 32.1 Å². The fourth-order valence-electron chi connectivity index (χ4n) is 1.17. The van der Waals surface area contributed by atoms with E-state index in [9.17, 15) is 0 Å². The topological polar surface area (TPSA) is 60.0 Å². The Morgan fingerprint density at radius 3 is 2.93 bits per heavy atom. The van der Waals surface area contributed by atoms with Gasteiger partial charge < -0.3 is 10.6 Å². The van der Waals surface area contributed by atoms with Crippen LogP contribution in [0.5, 0.6) is 0 Å². The van der Waals surface area contributed by atoms with Crippen molar-refractivity contribution >= 4 is 11.8 Å². The molecule has 6 heteroatoms. The lowest BCUT2D eigenvalue weighted by molar-refractivity contribution is 0.328. The molecule has 0 aliphatic carbocycles. The number of likely N-dealkylation sites (N-methyl/N-ethyl adjacent to an activating group) is 1. The smallest absolute Gasteiger partial charge is 0.0962 e. The maximum atomic E-state index is 5.46. The molecule has 0 saturated carbocycles. The normalized spacial score (nSPS) is 11.2. The number of nitrogens with zero attached hydrogens (tertiary/aromatic N) is 4. The average molecular weight is 229 g/mol. The first-order chi connectivity index (χ1) is 7.26. The van der Waals surface area contributed by atoms with E-state index in [1.54, 1.807) is 0 Å². The van der Waals surface area contributed by atoms with Crippen molar-refractivity contribution in [1.82, 2.24) is 19.9 Å². The van der Waals surface area contributed by atoms with Crippen molar-refractivity contribution in [1.29, 1.82) is 0 Å². The van der Waals surface area contributed by atoms with Gasteiger partial charge in [0.1, 0.15) is 0 Å². The first-order valence-corrected chi connectivity index (χ1v) is 6.42. The van der Waals surface area contributed by atoms with Crippen molar-refractivity contribution in [3.8, 4) is 0 Å². The van der Waals surface area contributed by atoms with E-state index >= 15 is 0 Å². The molecule has 86 valence electrons. The summed E-state index contributed by atoms with van der Waals surface area (Å²) in [6.07, 6.45) is 4.03. The van der Waals surface area contributed by atoms with E-state index in [-0.39, 0.29) is 0 Å². The highest BCUT2D eigenvalue weighted by molar-refractivity contribution is 7.98. The van der Waals surface area contributed by atoms with E-state index in [2.05, 4.69) is 28.5 Å². The minimum Gasteiger partial charge on any atom is -0.325 e. The second-order valence-corrected chi connectivity index (χ2v) is 4.46. The second-order valence-electron chi connectivity index (χ2n) is 3.47. The van der Waals surface area contributed by atoms with Gasteiger partial charge in [0.2, 0.25) is 0 Å². The van der Waals surface area contributed by atoms with E-state index < -0.39 is 0 Å². The summed E-state index contributed by atoms with van der Waals surface area (Å²) in [5.41, 5.74) is 6.30. The van der Waals surface area contributed by atoms with Crippen LogP contribution in [0.4, 0.5) is 0 Å². The Balaban J connectivity index is 2.24. The molecule has 1 aromatic heterocycles. The van der Waals surface area contributed by atoms with Gasteiger partial charge in [-0.3, -0.25) is 4.68 Å². The fourth-order valence-corrected chi connectivity index (χ4v) is 1.67. The quantitative estimate of drug-likeness (QED) is 0.715. The summed E-state index contributed by atoms with van der Waals surface area (Å²) in [5, 5.41) is 7.93. The van der Waals surface area contributed by atoms with E-state index in [0.29, 0.717) is 6.54 Å². The molecule has 0 spiro atoms. The number of hydrogen-bond donors (Lipinski definition) is 1. The Morgan fingerprint density at radius 2 is 2.33 bits per heavy atom. The van der Waals surface area contributed by atoms with Gasteiger partial charge in [0.05, 0.1) is 12.2 Å². The Bertz CT molecular complexity index is 275. The first-order valence-electron chi connectivity index (χ1n) is 5.03. The van der Waals surface area contributed by atoms with E-state index in [4.69, 9.17) is 5.73 Å². The van der Waals surface area contributed by atoms with Gasteiger partial charge in [-0.2, -0.15) is 11.8 Å². The average Bonchev–Trinajstić information content (AvgIpc) is 2.71. The molecule has 0 aromatic carbocycles. The molecule has 5 nitrogen and oxygen atoms in total. The van der Waals surface area contributed by atoms with Crippen LogP contribution in [-0.2, 0) is 13.1 Å². The number of aromatic nitrogens is 3. The summed E-state index contributed by atoms with van der Waals surface area (Å²) in [4.78, 5) is 2.29. The van der Waals surface area contributed by atoms with E-state index in [0.717, 1.165) is 25.3 Å². The SMILES string of the molecule is CSCCN(C)CCn1cc(CN)nn1. The maximum absolute atomic E-state index is 5.46. The predicted octanol–water partition coefficient (Wildman–Crippen LogP) is 0.0316. The lowest BCUT2D eigenvalue weighted by atomic mass is 10.5. The summed E-state index contributed by atoms with van der Waals surface area (Å²) < 4.78 is 1.85. The molecule has 1 heterocycles. The first kappa shape index (κ1) is 12.5. The minimum atomic E-state index is 0.461. The van der Waals surface area contributed by atoms with Crippen LogP contribution in [0.2, 0.25) is 0 Å². The van der Waals surface area contributed by atoms with Crippen molar-refractivity contribution in [2.24, 2.45) is 5.73 Å². The molecule has 0 saturated heterocycles. The number of thioether (sulfide) groups is 1. The third-order valence-corrected chi connectivity index (χ3v) is 2.77. The zero-order valence-corrected chi connectivity index (χ0v) is 10.2. The Morgan fingerprint density at radius 1 is 1.53 bits per heavy atom. The highest BCUT2D eigenvalue weighted by Gasteiger charge is 2.01. The van der Waals surface area contributed by atoms with Gasteiger partial charge in [0, 0.05) is 31.6 Å². The Labute approximate surface area is 95.0 Å². The zero-order chi connectivity index (χ0) is 11.1. The van der Waals surface area contributed by atoms with Crippen molar-refractivity contribution in [2.45, 2.75) is 13.1 Å². The molecule has 0 unspecified atom stereocenters. The van der Waals surface area contributed by atoms with E-state index in [1.807, 2.05) is 22.6 Å². The predicted molar refractivity (Wildman–Crippen MR) is 63.8 cm³/mol. The summed E-state index contributed by atoms with van der Waals surface area (Å²) in [7, 11) is 2.12. The zero-order valence-electron chi connectivity index (χ0n) is 9.39. The molecule has 0 aliphatic heterocycles. The summed E-state index contributed by atoms with van der Waals surface area (Å²) >= 11 is 1.87. The summed E-state index contributed by atoms with van der Waals surface area (Å²) in [6, 6.07) is 0. The number of hydrogen-bond acceptors (Lipinski definition) is 5. The molecule has 1 rings (SSSR count). The van der Waals surface area contributed by atoms with Gasteiger partial charge in [-0.15, -0.1) is 5.10 Å². The van der Waals surface area contributed by atoms with Crippen LogP contribution >= 0.6 is 11.8 Å². The summed E-state index contributed by atoms with van der Waals surface area (Å²) in [5.74, 6) is 1.17. The molecular weight excluding hydrogens is 210 g/mol. The lowest BCUT2D eigenvalue weighted by Gasteiger charge is -2.15.